The number of hydrogen-bond acceptors (Lipinski definition) is 9. The van der Waals surface area contributed by atoms with Crippen LogP contribution in [0.25, 0.3) is 0 Å². The number of piperidine rings is 1. The van der Waals surface area contributed by atoms with E-state index < -0.39 is 10.8 Å². The zero-order valence-electron chi connectivity index (χ0n) is 18.0. The summed E-state index contributed by atoms with van der Waals surface area (Å²) in [6.45, 7) is 1.60. The van der Waals surface area contributed by atoms with Crippen molar-refractivity contribution in [3.8, 4) is 11.5 Å². The lowest BCUT2D eigenvalue weighted by atomic mass is 10.0. The number of benzene rings is 1. The molecule has 2 aromatic heterocycles. The highest BCUT2D eigenvalue weighted by molar-refractivity contribution is 7.07. The van der Waals surface area contributed by atoms with Gasteiger partial charge in [0, 0.05) is 36.8 Å². The Kier molecular flexibility index (Phi) is 6.98. The zero-order valence-corrected chi connectivity index (χ0v) is 18.8. The van der Waals surface area contributed by atoms with E-state index in [2.05, 4.69) is 20.2 Å². The Labute approximate surface area is 194 Å². The molecule has 1 fully saturated rings. The fraction of sp³-hybridized carbons (Fsp3) is 0.318. The van der Waals surface area contributed by atoms with E-state index in [1.165, 1.54) is 30.6 Å². The molecule has 1 N–H and O–H groups in total. The van der Waals surface area contributed by atoms with Crippen LogP contribution in [0.4, 0.5) is 11.5 Å². The predicted octanol–water partition coefficient (Wildman–Crippen LogP) is 3.43. The van der Waals surface area contributed by atoms with Crippen LogP contribution in [0, 0.1) is 10.1 Å². The van der Waals surface area contributed by atoms with Crippen molar-refractivity contribution in [2.45, 2.75) is 25.5 Å². The molecule has 0 unspecified atom stereocenters. The summed E-state index contributed by atoms with van der Waals surface area (Å²) in [5.41, 5.74) is 1.97. The molecule has 3 heterocycles. The van der Waals surface area contributed by atoms with Gasteiger partial charge in [0.15, 0.2) is 11.5 Å². The van der Waals surface area contributed by atoms with Gasteiger partial charge in [0.2, 0.25) is 0 Å². The van der Waals surface area contributed by atoms with Gasteiger partial charge in [0.05, 0.1) is 29.3 Å². The number of nitro groups is 1. The van der Waals surface area contributed by atoms with E-state index in [9.17, 15) is 14.9 Å². The van der Waals surface area contributed by atoms with E-state index in [0.29, 0.717) is 18.5 Å². The first-order valence-corrected chi connectivity index (χ1v) is 11.3. The van der Waals surface area contributed by atoms with Gasteiger partial charge in [-0.05, 0) is 25.0 Å². The van der Waals surface area contributed by atoms with Crippen LogP contribution in [0.1, 0.15) is 28.9 Å². The number of methoxy groups -OCH3 is 1. The van der Waals surface area contributed by atoms with Crippen LogP contribution in [0.3, 0.4) is 0 Å². The first-order valence-electron chi connectivity index (χ1n) is 10.4. The Balaban J connectivity index is 1.45. The van der Waals surface area contributed by atoms with Gasteiger partial charge < -0.3 is 19.7 Å². The number of carbonyl (C=O) groups is 1. The molecule has 0 bridgehead atoms. The minimum atomic E-state index is -0.590. The number of anilines is 1. The molecule has 3 aromatic rings. The molecule has 172 valence electrons. The predicted molar refractivity (Wildman–Crippen MR) is 123 cm³/mol. The summed E-state index contributed by atoms with van der Waals surface area (Å²) in [4.78, 5) is 34.7. The lowest BCUT2D eigenvalue weighted by Crippen LogP contribution is -2.45. The van der Waals surface area contributed by atoms with Crippen LogP contribution in [0.2, 0.25) is 0 Å². The second-order valence-corrected chi connectivity index (χ2v) is 8.19. The lowest BCUT2D eigenvalue weighted by molar-refractivity contribution is -0.385. The summed E-state index contributed by atoms with van der Waals surface area (Å²) in [5.74, 6) is 0.807. The maximum Gasteiger partial charge on any atom is 0.286 e. The molecule has 1 saturated heterocycles. The van der Waals surface area contributed by atoms with Crippen molar-refractivity contribution in [1.29, 1.82) is 0 Å². The van der Waals surface area contributed by atoms with E-state index >= 15 is 0 Å². The quantitative estimate of drug-likeness (QED) is 0.394. The van der Waals surface area contributed by atoms with Gasteiger partial charge in [-0.3, -0.25) is 14.9 Å². The molecule has 0 spiro atoms. The zero-order chi connectivity index (χ0) is 23.2. The standard InChI is InChI=1S/C22H23N5O5S/c1-31-19-10-17(18(27(29)30)11-20(19)32-12-16-13-33-14-24-16)22(28)25-15-5-8-26(9-6-15)21-4-2-3-7-23-21/h2-4,7,10-11,13-15H,5-6,8-9,12H2,1H3,(H,25,28). The molecule has 10 nitrogen and oxygen atoms in total. The van der Waals surface area contributed by atoms with Crippen molar-refractivity contribution >= 4 is 28.7 Å². The van der Waals surface area contributed by atoms with Crippen LogP contribution in [0.5, 0.6) is 11.5 Å². The normalized spacial score (nSPS) is 14.0. The molecule has 1 aliphatic heterocycles. The number of carbonyl (C=O) groups excluding carboxylic acids is 1. The maximum atomic E-state index is 13.0. The molecule has 0 aliphatic carbocycles. The largest absolute Gasteiger partial charge is 0.493 e. The highest BCUT2D eigenvalue weighted by Crippen LogP contribution is 2.35. The van der Waals surface area contributed by atoms with Gasteiger partial charge in [0.1, 0.15) is 18.0 Å². The smallest absolute Gasteiger partial charge is 0.286 e. The number of amides is 1. The fourth-order valence-electron chi connectivity index (χ4n) is 3.67. The summed E-state index contributed by atoms with van der Waals surface area (Å²) in [6.07, 6.45) is 3.17. The molecule has 33 heavy (non-hydrogen) atoms. The van der Waals surface area contributed by atoms with Gasteiger partial charge >= 0.3 is 0 Å². The van der Waals surface area contributed by atoms with Crippen molar-refractivity contribution in [1.82, 2.24) is 15.3 Å². The van der Waals surface area contributed by atoms with E-state index in [1.54, 1.807) is 11.7 Å². The maximum absolute atomic E-state index is 13.0. The molecular weight excluding hydrogens is 446 g/mol. The molecule has 4 rings (SSSR count). The van der Waals surface area contributed by atoms with Crippen LogP contribution >= 0.6 is 11.3 Å². The average Bonchev–Trinajstić information content (AvgIpc) is 3.37. The number of ether oxygens (including phenoxy) is 2. The molecular formula is C22H23N5O5S. The van der Waals surface area contributed by atoms with Crippen molar-refractivity contribution in [3.63, 3.8) is 0 Å². The Morgan fingerprint density at radius 3 is 2.73 bits per heavy atom. The van der Waals surface area contributed by atoms with Crippen molar-refractivity contribution < 1.29 is 19.2 Å². The Bertz CT molecular complexity index is 1100. The highest BCUT2D eigenvalue weighted by atomic mass is 32.1. The Morgan fingerprint density at radius 1 is 1.27 bits per heavy atom. The molecule has 11 heteroatoms. The van der Waals surface area contributed by atoms with Crippen LogP contribution < -0.4 is 19.7 Å². The third kappa shape index (κ3) is 5.37. The first kappa shape index (κ1) is 22.5. The van der Waals surface area contributed by atoms with E-state index in [-0.39, 0.29) is 35.4 Å². The number of hydrogen-bond donors (Lipinski definition) is 1. The summed E-state index contributed by atoms with van der Waals surface area (Å²) in [5, 5.41) is 16.5. The van der Waals surface area contributed by atoms with Gasteiger partial charge in [-0.2, -0.15) is 0 Å². The SMILES string of the molecule is COc1cc(C(=O)NC2CCN(c3ccccn3)CC2)c([N+](=O)[O-])cc1OCc1cscn1. The number of thiazole rings is 1. The van der Waals surface area contributed by atoms with E-state index in [4.69, 9.17) is 9.47 Å². The lowest BCUT2D eigenvalue weighted by Gasteiger charge is -2.33. The van der Waals surface area contributed by atoms with Crippen molar-refractivity contribution in [2.75, 3.05) is 25.1 Å². The van der Waals surface area contributed by atoms with Gasteiger partial charge in [-0.15, -0.1) is 11.3 Å². The van der Waals surface area contributed by atoms with Crippen LogP contribution in [-0.2, 0) is 6.61 Å². The van der Waals surface area contributed by atoms with Gasteiger partial charge in [-0.25, -0.2) is 9.97 Å². The fourth-order valence-corrected chi connectivity index (χ4v) is 4.21. The molecule has 1 amide bonds. The van der Waals surface area contributed by atoms with E-state index in [1.807, 2.05) is 23.6 Å². The van der Waals surface area contributed by atoms with Crippen LogP contribution in [0.15, 0.2) is 47.4 Å². The monoisotopic (exact) mass is 469 g/mol. The van der Waals surface area contributed by atoms with Gasteiger partial charge in [0.25, 0.3) is 11.6 Å². The third-order valence-corrected chi connectivity index (χ3v) is 6.02. The minimum absolute atomic E-state index is 0.0648. The number of nitro benzene ring substituents is 1. The third-order valence-electron chi connectivity index (χ3n) is 5.39. The Hall–Kier alpha value is -3.73. The van der Waals surface area contributed by atoms with E-state index in [0.717, 1.165) is 18.9 Å². The number of nitrogens with one attached hydrogen (secondary N) is 1. The van der Waals surface area contributed by atoms with Crippen LogP contribution in [-0.4, -0.2) is 47.0 Å². The van der Waals surface area contributed by atoms with Crippen molar-refractivity contribution in [3.05, 3.63) is 68.8 Å². The number of pyridine rings is 1. The first-order chi connectivity index (χ1) is 16.0. The minimum Gasteiger partial charge on any atom is -0.493 e. The Morgan fingerprint density at radius 2 is 2.09 bits per heavy atom. The second kappa shape index (κ2) is 10.3. The number of nitrogens with zero attached hydrogens (tertiary/aromatic N) is 4. The number of aromatic nitrogens is 2. The second-order valence-electron chi connectivity index (χ2n) is 7.47. The summed E-state index contributed by atoms with van der Waals surface area (Å²) in [7, 11) is 1.42. The highest BCUT2D eigenvalue weighted by Gasteiger charge is 2.28. The molecule has 1 aliphatic rings. The van der Waals surface area contributed by atoms with Crippen molar-refractivity contribution in [2.24, 2.45) is 0 Å². The summed E-state index contributed by atoms with van der Waals surface area (Å²) < 4.78 is 11.0. The molecule has 1 aromatic carbocycles. The summed E-state index contributed by atoms with van der Waals surface area (Å²) >= 11 is 1.42. The van der Waals surface area contributed by atoms with Gasteiger partial charge in [-0.1, -0.05) is 6.07 Å². The average molecular weight is 470 g/mol. The number of rotatable bonds is 8. The summed E-state index contributed by atoms with van der Waals surface area (Å²) in [6, 6.07) is 8.24. The molecule has 0 radical (unpaired) electrons. The topological polar surface area (TPSA) is 120 Å². The molecule has 0 atom stereocenters. The molecule has 0 saturated carbocycles.